The summed E-state index contributed by atoms with van der Waals surface area (Å²) in [4.78, 5) is 40.0. The normalized spacial score (nSPS) is 15.5. The first-order valence-corrected chi connectivity index (χ1v) is 18.4. The van der Waals surface area contributed by atoms with E-state index in [1.54, 1.807) is 18.2 Å². The van der Waals surface area contributed by atoms with Crippen LogP contribution in [0.25, 0.3) is 21.8 Å². The quantitative estimate of drug-likeness (QED) is 0.0420. The smallest absolute Gasteiger partial charge is 0.394 e. The Morgan fingerprint density at radius 2 is 1.35 bits per heavy atom. The zero-order valence-electron chi connectivity index (χ0n) is 24.2. The highest BCUT2D eigenvalue weighted by Crippen LogP contribution is 2.37. The van der Waals surface area contributed by atoms with Gasteiger partial charge < -0.3 is 55.7 Å². The summed E-state index contributed by atoms with van der Waals surface area (Å²) < 4.78 is 56.8. The zero-order valence-corrected chi connectivity index (χ0v) is 26.8. The van der Waals surface area contributed by atoms with Crippen LogP contribution in [0.1, 0.15) is 12.8 Å². The number of hydrogen-bond acceptors (Lipinski definition) is 14. The van der Waals surface area contributed by atoms with Crippen LogP contribution in [0.15, 0.2) is 41.3 Å². The Kier molecular flexibility index (Phi) is 13.4. The van der Waals surface area contributed by atoms with Crippen LogP contribution in [0.2, 0.25) is 0 Å². The van der Waals surface area contributed by atoms with Crippen LogP contribution in [-0.2, 0) is 28.0 Å². The fourth-order valence-corrected chi connectivity index (χ4v) is 6.38. The number of pyridine rings is 1. The summed E-state index contributed by atoms with van der Waals surface area (Å²) in [7, 11) is -13.4. The van der Waals surface area contributed by atoms with Gasteiger partial charge in [0.15, 0.2) is 9.84 Å². The van der Waals surface area contributed by atoms with Crippen LogP contribution >= 0.6 is 15.6 Å². The summed E-state index contributed by atoms with van der Waals surface area (Å²) in [6.07, 6.45) is -6.91. The first kappa shape index (κ1) is 38.1. The SMILES string of the molecule is O=P(O)(O)OCCCNc1c2cc(NC[C@@H](O)C(O)[C@H](O)C(O)CO)ccc2nc2ccc(S(=O)(=O)CCCOP(=O)(O)O)cc12. The van der Waals surface area contributed by atoms with Crippen molar-refractivity contribution in [3.63, 3.8) is 0 Å². The molecule has 0 bridgehead atoms. The van der Waals surface area contributed by atoms with Gasteiger partial charge in [0.2, 0.25) is 0 Å². The molecule has 18 nitrogen and oxygen atoms in total. The molecule has 0 aliphatic rings. The lowest BCUT2D eigenvalue weighted by atomic mass is 10.0. The van der Waals surface area contributed by atoms with Crippen molar-refractivity contribution in [3.8, 4) is 0 Å². The van der Waals surface area contributed by atoms with Crippen LogP contribution in [0, 0.1) is 0 Å². The van der Waals surface area contributed by atoms with Gasteiger partial charge in [-0.3, -0.25) is 9.05 Å². The number of sulfone groups is 1. The third-order valence-corrected chi connectivity index (χ3v) is 9.48. The number of hydrogen-bond donors (Lipinski definition) is 11. The maximum absolute atomic E-state index is 13.1. The van der Waals surface area contributed by atoms with Crippen molar-refractivity contribution >= 4 is 58.7 Å². The molecular weight excluding hydrogens is 676 g/mol. The molecule has 46 heavy (non-hydrogen) atoms. The van der Waals surface area contributed by atoms with Crippen LogP contribution in [0.3, 0.4) is 0 Å². The van der Waals surface area contributed by atoms with E-state index in [2.05, 4.69) is 24.7 Å². The maximum atomic E-state index is 13.1. The van der Waals surface area contributed by atoms with Crippen LogP contribution < -0.4 is 10.6 Å². The van der Waals surface area contributed by atoms with Crippen LogP contribution in [0.4, 0.5) is 11.4 Å². The average molecular weight is 714 g/mol. The minimum absolute atomic E-state index is 0.111. The first-order valence-electron chi connectivity index (χ1n) is 13.7. The lowest BCUT2D eigenvalue weighted by Crippen LogP contribution is -2.47. The van der Waals surface area contributed by atoms with Gasteiger partial charge in [0.25, 0.3) is 0 Å². The van der Waals surface area contributed by atoms with Crippen molar-refractivity contribution in [2.45, 2.75) is 42.2 Å². The fourth-order valence-electron chi connectivity index (χ4n) is 4.34. The van der Waals surface area contributed by atoms with E-state index in [4.69, 9.17) is 24.7 Å². The molecule has 0 saturated carbocycles. The minimum atomic E-state index is -4.76. The molecule has 0 fully saturated rings. The van der Waals surface area contributed by atoms with E-state index in [0.29, 0.717) is 33.2 Å². The highest BCUT2D eigenvalue weighted by molar-refractivity contribution is 7.91. The second-order valence-corrected chi connectivity index (χ2v) is 14.8. The molecule has 2 aromatic carbocycles. The third kappa shape index (κ3) is 11.1. The van der Waals surface area contributed by atoms with Crippen molar-refractivity contribution in [1.29, 1.82) is 0 Å². The van der Waals surface area contributed by atoms with Crippen LogP contribution in [-0.4, -0.2) is 122 Å². The second kappa shape index (κ2) is 16.2. The van der Waals surface area contributed by atoms with Gasteiger partial charge in [-0.25, -0.2) is 22.5 Å². The van der Waals surface area contributed by atoms with Gasteiger partial charge >= 0.3 is 15.6 Å². The average Bonchev–Trinajstić information content (AvgIpc) is 2.98. The molecule has 21 heteroatoms. The monoisotopic (exact) mass is 713 g/mol. The second-order valence-electron chi connectivity index (χ2n) is 10.2. The van der Waals surface area contributed by atoms with Crippen molar-refractivity contribution in [3.05, 3.63) is 36.4 Å². The van der Waals surface area contributed by atoms with E-state index < -0.39 is 68.9 Å². The van der Waals surface area contributed by atoms with E-state index in [1.165, 1.54) is 18.2 Å². The first-order chi connectivity index (χ1) is 21.4. The van der Waals surface area contributed by atoms with Crippen molar-refractivity contribution < 1.29 is 71.7 Å². The molecule has 0 radical (unpaired) electrons. The van der Waals surface area contributed by atoms with Gasteiger partial charge in [0.05, 0.1) is 53.3 Å². The number of nitrogens with zero attached hydrogens (tertiary/aromatic N) is 1. The van der Waals surface area contributed by atoms with Gasteiger partial charge in [0, 0.05) is 29.5 Å². The molecule has 0 spiro atoms. The zero-order chi connectivity index (χ0) is 34.3. The number of anilines is 2. The number of benzene rings is 2. The highest BCUT2D eigenvalue weighted by atomic mass is 32.2. The van der Waals surface area contributed by atoms with E-state index in [-0.39, 0.29) is 37.4 Å². The fraction of sp³-hybridized carbons (Fsp3) is 0.480. The topological polar surface area (TPSA) is 306 Å². The Balaban J connectivity index is 1.94. The lowest BCUT2D eigenvalue weighted by molar-refractivity contribution is -0.111. The number of fused-ring (bicyclic) bond motifs is 2. The maximum Gasteiger partial charge on any atom is 0.469 e. The standard InChI is InChI=1S/C25H37N3O15P2S/c29-14-22(31)25(33)24(32)21(30)13-27-15-3-5-19-17(11-15)23(26-7-1-8-42-44(34,35)36)18-12-16(4-6-20(18)28-19)46(40,41)10-2-9-43-45(37,38)39/h3-6,11-12,21-22,24-25,27,29-33H,1-2,7-10,13-14H2,(H,26,28)(H2,34,35,36)(H2,37,38,39)/t21-,22?,24?,25-/m1/s1. The number of phosphoric ester groups is 2. The molecule has 3 aromatic rings. The molecule has 0 saturated heterocycles. The summed E-state index contributed by atoms with van der Waals surface area (Å²) in [5, 5.41) is 55.6. The lowest BCUT2D eigenvalue weighted by Gasteiger charge is -2.26. The number of aliphatic hydroxyl groups excluding tert-OH is 5. The molecule has 0 amide bonds. The van der Waals surface area contributed by atoms with Gasteiger partial charge in [-0.15, -0.1) is 0 Å². The molecule has 11 N–H and O–H groups in total. The number of rotatable bonds is 19. The Bertz CT molecular complexity index is 1680. The predicted octanol–water partition coefficient (Wildman–Crippen LogP) is -0.580. The van der Waals surface area contributed by atoms with E-state index in [9.17, 15) is 38.0 Å². The molecule has 3 rings (SSSR count). The molecule has 1 heterocycles. The summed E-state index contributed by atoms with van der Waals surface area (Å²) in [6, 6.07) is 9.01. The number of aromatic nitrogens is 1. The van der Waals surface area contributed by atoms with Crippen molar-refractivity contribution in [1.82, 2.24) is 4.98 Å². The van der Waals surface area contributed by atoms with Gasteiger partial charge in [-0.2, -0.15) is 0 Å². The Morgan fingerprint density at radius 1 is 0.783 bits per heavy atom. The molecule has 1 aromatic heterocycles. The van der Waals surface area contributed by atoms with E-state index >= 15 is 0 Å². The molecule has 2 unspecified atom stereocenters. The van der Waals surface area contributed by atoms with Gasteiger partial charge in [0.1, 0.15) is 18.3 Å². The van der Waals surface area contributed by atoms with Crippen LogP contribution in [0.5, 0.6) is 0 Å². The molecule has 4 atom stereocenters. The molecular formula is C25H37N3O15P2S. The number of aliphatic hydroxyl groups is 5. The van der Waals surface area contributed by atoms with E-state index in [0.717, 1.165) is 0 Å². The summed E-state index contributed by atoms with van der Waals surface area (Å²) >= 11 is 0. The number of phosphoric acid groups is 2. The summed E-state index contributed by atoms with van der Waals surface area (Å²) in [6.45, 7) is -1.79. The molecule has 0 aliphatic carbocycles. The highest BCUT2D eigenvalue weighted by Gasteiger charge is 2.30. The largest absolute Gasteiger partial charge is 0.469 e. The van der Waals surface area contributed by atoms with Gasteiger partial charge in [-0.1, -0.05) is 0 Å². The Morgan fingerprint density at radius 3 is 1.96 bits per heavy atom. The Hall–Kier alpha value is -2.32. The van der Waals surface area contributed by atoms with Gasteiger partial charge in [-0.05, 0) is 49.2 Å². The predicted molar refractivity (Wildman–Crippen MR) is 165 cm³/mol. The van der Waals surface area contributed by atoms with E-state index in [1.807, 2.05) is 0 Å². The molecule has 258 valence electrons. The Labute approximate surface area is 263 Å². The van der Waals surface area contributed by atoms with Crippen molar-refractivity contribution in [2.75, 3.05) is 49.3 Å². The summed E-state index contributed by atoms with van der Waals surface area (Å²) in [5.41, 5.74) is 1.64. The minimum Gasteiger partial charge on any atom is -0.394 e. The molecule has 0 aliphatic heterocycles. The number of nitrogens with one attached hydrogen (secondary N) is 2. The van der Waals surface area contributed by atoms with Crippen molar-refractivity contribution in [2.24, 2.45) is 0 Å². The third-order valence-electron chi connectivity index (χ3n) is 6.64. The summed E-state index contributed by atoms with van der Waals surface area (Å²) in [5.74, 6) is -0.478.